The zero-order valence-electron chi connectivity index (χ0n) is 10.9. The molecule has 0 aliphatic carbocycles. The predicted molar refractivity (Wildman–Crippen MR) is 78.2 cm³/mol. The molecule has 2 aromatic rings. The van der Waals surface area contributed by atoms with Gasteiger partial charge in [-0.15, -0.1) is 11.6 Å². The van der Waals surface area contributed by atoms with Gasteiger partial charge >= 0.3 is 0 Å². The van der Waals surface area contributed by atoms with Crippen LogP contribution in [0.5, 0.6) is 0 Å². The average molecular weight is 292 g/mol. The van der Waals surface area contributed by atoms with Crippen LogP contribution in [0.4, 0.5) is 4.39 Å². The van der Waals surface area contributed by atoms with Gasteiger partial charge in [0.2, 0.25) is 5.91 Å². The van der Waals surface area contributed by atoms with Crippen LogP contribution in [0.1, 0.15) is 17.5 Å². The summed E-state index contributed by atoms with van der Waals surface area (Å²) in [5.41, 5.74) is 6.05. The van der Waals surface area contributed by atoms with Gasteiger partial charge in [-0.3, -0.25) is 4.79 Å². The molecule has 0 fully saturated rings. The summed E-state index contributed by atoms with van der Waals surface area (Å²) in [6.45, 7) is 0. The lowest BCUT2D eigenvalue weighted by Crippen LogP contribution is -2.42. The van der Waals surface area contributed by atoms with Gasteiger partial charge < -0.3 is 5.73 Å². The minimum absolute atomic E-state index is 0.273. The van der Waals surface area contributed by atoms with Crippen LogP contribution in [0.3, 0.4) is 0 Å². The fraction of sp³-hybridized carbons (Fsp3) is 0.188. The molecular formula is C16H15ClFNO. The Labute approximate surface area is 122 Å². The van der Waals surface area contributed by atoms with Crippen LogP contribution in [0, 0.1) is 5.82 Å². The summed E-state index contributed by atoms with van der Waals surface area (Å²) in [6, 6.07) is 15.0. The molecule has 0 saturated heterocycles. The molecule has 2 N–H and O–H groups in total. The van der Waals surface area contributed by atoms with Gasteiger partial charge in [-0.05, 0) is 29.7 Å². The minimum atomic E-state index is -1.03. The smallest absolute Gasteiger partial charge is 0.232 e. The molecule has 0 bridgehead atoms. The maximum atomic E-state index is 13.1. The van der Waals surface area contributed by atoms with Crippen molar-refractivity contribution in [3.05, 3.63) is 71.5 Å². The van der Waals surface area contributed by atoms with E-state index < -0.39 is 11.3 Å². The molecule has 2 aromatic carbocycles. The number of nitrogens with two attached hydrogens (primary N) is 1. The SMILES string of the molecule is NC(=O)C(CCCl)(c1ccccc1)c1ccc(F)cc1. The Balaban J connectivity index is 2.65. The Morgan fingerprint density at radius 1 is 1.05 bits per heavy atom. The van der Waals surface area contributed by atoms with Crippen molar-refractivity contribution in [1.29, 1.82) is 0 Å². The van der Waals surface area contributed by atoms with Gasteiger partial charge in [-0.2, -0.15) is 0 Å². The Morgan fingerprint density at radius 3 is 2.10 bits per heavy atom. The molecule has 2 rings (SSSR count). The molecule has 2 nitrogen and oxygen atoms in total. The lowest BCUT2D eigenvalue weighted by molar-refractivity contribution is -0.122. The second kappa shape index (κ2) is 6.06. The van der Waals surface area contributed by atoms with Crippen LogP contribution in [0.2, 0.25) is 0 Å². The highest BCUT2D eigenvalue weighted by Crippen LogP contribution is 2.36. The number of alkyl halides is 1. The average Bonchev–Trinajstić information content (AvgIpc) is 2.46. The van der Waals surface area contributed by atoms with E-state index in [0.717, 1.165) is 5.56 Å². The third-order valence-electron chi connectivity index (χ3n) is 3.49. The molecular weight excluding hydrogens is 277 g/mol. The normalized spacial score (nSPS) is 13.7. The van der Waals surface area contributed by atoms with Crippen LogP contribution < -0.4 is 5.73 Å². The maximum absolute atomic E-state index is 13.1. The number of hydrogen-bond acceptors (Lipinski definition) is 1. The number of amides is 1. The van der Waals surface area contributed by atoms with E-state index >= 15 is 0 Å². The lowest BCUT2D eigenvalue weighted by Gasteiger charge is -2.31. The second-order valence-electron chi connectivity index (χ2n) is 4.58. The molecule has 1 unspecified atom stereocenters. The zero-order chi connectivity index (χ0) is 14.6. The molecule has 0 aliphatic rings. The number of carbonyl (C=O) groups excluding carboxylic acids is 1. The molecule has 0 radical (unpaired) electrons. The van der Waals surface area contributed by atoms with Gasteiger partial charge in [0.25, 0.3) is 0 Å². The van der Waals surface area contributed by atoms with Crippen LogP contribution in [-0.4, -0.2) is 11.8 Å². The molecule has 0 heterocycles. The first-order chi connectivity index (χ1) is 9.61. The van der Waals surface area contributed by atoms with E-state index in [-0.39, 0.29) is 11.7 Å². The van der Waals surface area contributed by atoms with Crippen molar-refractivity contribution in [1.82, 2.24) is 0 Å². The van der Waals surface area contributed by atoms with Crippen molar-refractivity contribution in [3.8, 4) is 0 Å². The number of primary amides is 1. The monoisotopic (exact) mass is 291 g/mol. The van der Waals surface area contributed by atoms with E-state index in [2.05, 4.69) is 0 Å². The van der Waals surface area contributed by atoms with E-state index in [0.29, 0.717) is 12.0 Å². The first-order valence-corrected chi connectivity index (χ1v) is 6.82. The number of hydrogen-bond donors (Lipinski definition) is 1. The molecule has 1 atom stereocenters. The van der Waals surface area contributed by atoms with Gasteiger partial charge in [0, 0.05) is 5.88 Å². The molecule has 20 heavy (non-hydrogen) atoms. The summed E-state index contributed by atoms with van der Waals surface area (Å²) in [4.78, 5) is 12.2. The van der Waals surface area contributed by atoms with Crippen molar-refractivity contribution in [2.24, 2.45) is 5.73 Å². The minimum Gasteiger partial charge on any atom is -0.369 e. The van der Waals surface area contributed by atoms with Crippen LogP contribution in [0.15, 0.2) is 54.6 Å². The van der Waals surface area contributed by atoms with Crippen molar-refractivity contribution < 1.29 is 9.18 Å². The Kier molecular flexibility index (Phi) is 4.40. The van der Waals surface area contributed by atoms with Crippen LogP contribution >= 0.6 is 11.6 Å². The van der Waals surface area contributed by atoms with E-state index in [9.17, 15) is 9.18 Å². The summed E-state index contributed by atoms with van der Waals surface area (Å²) in [5, 5.41) is 0. The van der Waals surface area contributed by atoms with E-state index in [4.69, 9.17) is 17.3 Å². The van der Waals surface area contributed by atoms with Gasteiger partial charge in [0.1, 0.15) is 5.82 Å². The highest BCUT2D eigenvalue weighted by molar-refractivity contribution is 6.18. The summed E-state index contributed by atoms with van der Waals surface area (Å²) in [5.74, 6) is -0.572. The zero-order valence-corrected chi connectivity index (χ0v) is 11.6. The summed E-state index contributed by atoms with van der Waals surface area (Å²) in [7, 11) is 0. The van der Waals surface area contributed by atoms with Crippen molar-refractivity contribution in [2.75, 3.05) is 5.88 Å². The molecule has 0 aliphatic heterocycles. The fourth-order valence-corrected chi connectivity index (χ4v) is 2.75. The molecule has 104 valence electrons. The van der Waals surface area contributed by atoms with Gasteiger partial charge in [0.05, 0.1) is 5.41 Å². The van der Waals surface area contributed by atoms with Crippen LogP contribution in [-0.2, 0) is 10.2 Å². The largest absolute Gasteiger partial charge is 0.369 e. The van der Waals surface area contributed by atoms with Gasteiger partial charge in [0.15, 0.2) is 0 Å². The molecule has 0 spiro atoms. The highest BCUT2D eigenvalue weighted by atomic mass is 35.5. The second-order valence-corrected chi connectivity index (χ2v) is 4.96. The fourth-order valence-electron chi connectivity index (χ4n) is 2.46. The predicted octanol–water partition coefficient (Wildman–Crippen LogP) is 3.23. The number of halogens is 2. The van der Waals surface area contributed by atoms with Crippen molar-refractivity contribution in [3.63, 3.8) is 0 Å². The van der Waals surface area contributed by atoms with E-state index in [1.54, 1.807) is 12.1 Å². The highest BCUT2D eigenvalue weighted by Gasteiger charge is 2.39. The van der Waals surface area contributed by atoms with Crippen molar-refractivity contribution in [2.45, 2.75) is 11.8 Å². The number of carbonyl (C=O) groups is 1. The maximum Gasteiger partial charge on any atom is 0.232 e. The summed E-state index contributed by atoms with van der Waals surface area (Å²) < 4.78 is 13.1. The molecule has 0 saturated carbocycles. The molecule has 1 amide bonds. The molecule has 0 aromatic heterocycles. The number of rotatable bonds is 5. The topological polar surface area (TPSA) is 43.1 Å². The van der Waals surface area contributed by atoms with Crippen molar-refractivity contribution >= 4 is 17.5 Å². The summed E-state index contributed by atoms with van der Waals surface area (Å²) >= 11 is 5.88. The third kappa shape index (κ3) is 2.54. The third-order valence-corrected chi connectivity index (χ3v) is 3.68. The summed E-state index contributed by atoms with van der Waals surface area (Å²) in [6.07, 6.45) is 0.361. The van der Waals surface area contributed by atoms with Gasteiger partial charge in [-0.25, -0.2) is 4.39 Å². The quantitative estimate of drug-likeness (QED) is 0.845. The first kappa shape index (κ1) is 14.5. The first-order valence-electron chi connectivity index (χ1n) is 6.28. The van der Waals surface area contributed by atoms with Gasteiger partial charge in [-0.1, -0.05) is 42.5 Å². The Hall–Kier alpha value is -1.87. The van der Waals surface area contributed by atoms with E-state index in [1.807, 2.05) is 30.3 Å². The standard InChI is InChI=1S/C16H15ClFNO/c17-11-10-16(15(19)20,12-4-2-1-3-5-12)13-6-8-14(18)9-7-13/h1-9H,10-11H2,(H2,19,20). The van der Waals surface area contributed by atoms with Crippen LogP contribution in [0.25, 0.3) is 0 Å². The Bertz CT molecular complexity index is 585. The number of benzene rings is 2. The van der Waals surface area contributed by atoms with E-state index in [1.165, 1.54) is 12.1 Å². The molecule has 4 heteroatoms. The lowest BCUT2D eigenvalue weighted by atomic mass is 9.72. The Morgan fingerprint density at radius 2 is 1.60 bits per heavy atom.